The van der Waals surface area contributed by atoms with E-state index in [4.69, 9.17) is 10.5 Å². The second-order valence-electron chi connectivity index (χ2n) is 3.50. The van der Waals surface area contributed by atoms with Crippen LogP contribution in [0.15, 0.2) is 30.3 Å². The molecule has 1 unspecified atom stereocenters. The topological polar surface area (TPSA) is 38.5 Å². The minimum Gasteiger partial charge on any atom is -0.379 e. The van der Waals surface area contributed by atoms with Gasteiger partial charge in [0.25, 0.3) is 0 Å². The highest BCUT2D eigenvalue weighted by atomic mass is 16.5. The summed E-state index contributed by atoms with van der Waals surface area (Å²) in [7, 11) is 0. The average Bonchev–Trinajstić information content (AvgIpc) is 2.30. The molecule has 0 amide bonds. The number of nitrogens with two attached hydrogens (primary N) is 1. The van der Waals surface area contributed by atoms with Gasteiger partial charge in [0.15, 0.2) is 0 Å². The summed E-state index contributed by atoms with van der Waals surface area (Å²) in [4.78, 5) is 2.25. The van der Waals surface area contributed by atoms with Gasteiger partial charge in [0.2, 0.25) is 0 Å². The van der Waals surface area contributed by atoms with Crippen LogP contribution in [0.25, 0.3) is 0 Å². The van der Waals surface area contributed by atoms with Crippen LogP contribution in [0.4, 0.5) is 0 Å². The van der Waals surface area contributed by atoms with Gasteiger partial charge in [-0.15, -0.1) is 0 Å². The van der Waals surface area contributed by atoms with Crippen molar-refractivity contribution in [3.8, 4) is 0 Å². The Morgan fingerprint density at radius 1 is 1.14 bits per heavy atom. The monoisotopic (exact) mass is 192 g/mol. The van der Waals surface area contributed by atoms with Crippen LogP contribution < -0.4 is 5.73 Å². The molecule has 0 aliphatic carbocycles. The second-order valence-corrected chi connectivity index (χ2v) is 3.50. The van der Waals surface area contributed by atoms with Crippen LogP contribution in [0.5, 0.6) is 0 Å². The van der Waals surface area contributed by atoms with Gasteiger partial charge in [0.1, 0.15) is 0 Å². The Labute approximate surface area is 84.5 Å². The summed E-state index contributed by atoms with van der Waals surface area (Å²) in [6, 6.07) is 10.2. The van der Waals surface area contributed by atoms with E-state index in [1.54, 1.807) is 0 Å². The maximum atomic E-state index is 6.14. The molecule has 0 spiro atoms. The van der Waals surface area contributed by atoms with Gasteiger partial charge in [-0.3, -0.25) is 4.90 Å². The fourth-order valence-electron chi connectivity index (χ4n) is 1.72. The highest BCUT2D eigenvalue weighted by molar-refractivity contribution is 5.18. The van der Waals surface area contributed by atoms with Crippen molar-refractivity contribution < 1.29 is 4.74 Å². The molecule has 76 valence electrons. The van der Waals surface area contributed by atoms with Crippen LogP contribution in [0, 0.1) is 0 Å². The van der Waals surface area contributed by atoms with E-state index in [1.165, 1.54) is 5.56 Å². The smallest absolute Gasteiger partial charge is 0.0837 e. The summed E-state index contributed by atoms with van der Waals surface area (Å²) in [5, 5.41) is 0. The van der Waals surface area contributed by atoms with Crippen LogP contribution in [0.2, 0.25) is 0 Å². The van der Waals surface area contributed by atoms with E-state index in [0.717, 1.165) is 26.3 Å². The van der Waals surface area contributed by atoms with Crippen molar-refractivity contribution in [3.63, 3.8) is 0 Å². The van der Waals surface area contributed by atoms with Crippen molar-refractivity contribution in [1.82, 2.24) is 4.90 Å². The third-order valence-corrected chi connectivity index (χ3v) is 2.58. The molecule has 0 saturated carbocycles. The zero-order valence-electron chi connectivity index (χ0n) is 8.23. The van der Waals surface area contributed by atoms with Gasteiger partial charge in [-0.2, -0.15) is 0 Å². The molecule has 14 heavy (non-hydrogen) atoms. The summed E-state index contributed by atoms with van der Waals surface area (Å²) in [6.45, 7) is 3.44. The van der Waals surface area contributed by atoms with Crippen molar-refractivity contribution >= 4 is 0 Å². The fraction of sp³-hybridized carbons (Fsp3) is 0.455. The molecule has 1 aliphatic heterocycles. The van der Waals surface area contributed by atoms with Crippen molar-refractivity contribution in [3.05, 3.63) is 35.9 Å². The molecule has 1 fully saturated rings. The third-order valence-electron chi connectivity index (χ3n) is 2.58. The second kappa shape index (κ2) is 4.55. The highest BCUT2D eigenvalue weighted by Gasteiger charge is 2.18. The molecular weight excluding hydrogens is 176 g/mol. The van der Waals surface area contributed by atoms with Crippen LogP contribution in [-0.2, 0) is 4.74 Å². The Morgan fingerprint density at radius 3 is 2.43 bits per heavy atom. The maximum Gasteiger partial charge on any atom is 0.0837 e. The standard InChI is InChI=1S/C11H16N2O/c12-11(10-4-2-1-3-5-10)13-6-8-14-9-7-13/h1-5,11H,6-9,12H2. The minimum atomic E-state index is 0.0140. The molecule has 1 heterocycles. The van der Waals surface area contributed by atoms with Crippen molar-refractivity contribution in [2.24, 2.45) is 5.73 Å². The van der Waals surface area contributed by atoms with Crippen molar-refractivity contribution in [2.75, 3.05) is 26.3 Å². The molecule has 0 aromatic heterocycles. The number of nitrogens with zero attached hydrogens (tertiary/aromatic N) is 1. The number of morpholine rings is 1. The lowest BCUT2D eigenvalue weighted by Crippen LogP contribution is -2.42. The molecule has 2 rings (SSSR count). The SMILES string of the molecule is NC(c1ccccc1)N1CCOCC1. The van der Waals surface area contributed by atoms with Crippen molar-refractivity contribution in [1.29, 1.82) is 0 Å². The van der Waals surface area contributed by atoms with Gasteiger partial charge in [-0.1, -0.05) is 30.3 Å². The van der Waals surface area contributed by atoms with E-state index in [2.05, 4.69) is 17.0 Å². The first-order chi connectivity index (χ1) is 6.88. The lowest BCUT2D eigenvalue weighted by Gasteiger charge is -2.32. The summed E-state index contributed by atoms with van der Waals surface area (Å²) in [6.07, 6.45) is 0.0140. The Bertz CT molecular complexity index is 270. The van der Waals surface area contributed by atoms with Gasteiger partial charge >= 0.3 is 0 Å². The fourth-order valence-corrected chi connectivity index (χ4v) is 1.72. The van der Waals surface area contributed by atoms with Crippen LogP contribution in [0.3, 0.4) is 0 Å². The zero-order valence-corrected chi connectivity index (χ0v) is 8.23. The molecular formula is C11H16N2O. The number of rotatable bonds is 2. The highest BCUT2D eigenvalue weighted by Crippen LogP contribution is 2.15. The summed E-state index contributed by atoms with van der Waals surface area (Å²) in [5.74, 6) is 0. The first-order valence-corrected chi connectivity index (χ1v) is 5.00. The molecule has 2 N–H and O–H groups in total. The van der Waals surface area contributed by atoms with Gasteiger partial charge in [0.05, 0.1) is 19.4 Å². The molecule has 0 radical (unpaired) electrons. The molecule has 3 heteroatoms. The average molecular weight is 192 g/mol. The van der Waals surface area contributed by atoms with Crippen LogP contribution in [0.1, 0.15) is 11.7 Å². The minimum absolute atomic E-state index is 0.0140. The Morgan fingerprint density at radius 2 is 1.79 bits per heavy atom. The first-order valence-electron chi connectivity index (χ1n) is 5.00. The molecule has 0 bridgehead atoms. The third kappa shape index (κ3) is 2.12. The lowest BCUT2D eigenvalue weighted by molar-refractivity contribution is 0.0173. The van der Waals surface area contributed by atoms with Gasteiger partial charge in [0, 0.05) is 13.1 Å². The molecule has 1 aliphatic rings. The molecule has 1 saturated heterocycles. The quantitative estimate of drug-likeness (QED) is 0.759. The molecule has 3 nitrogen and oxygen atoms in total. The largest absolute Gasteiger partial charge is 0.379 e. The van der Waals surface area contributed by atoms with Crippen LogP contribution in [-0.4, -0.2) is 31.2 Å². The Balaban J connectivity index is 2.03. The number of benzene rings is 1. The first kappa shape index (κ1) is 9.65. The number of ether oxygens (including phenoxy) is 1. The summed E-state index contributed by atoms with van der Waals surface area (Å²) < 4.78 is 5.29. The van der Waals surface area contributed by atoms with E-state index in [-0.39, 0.29) is 6.17 Å². The van der Waals surface area contributed by atoms with E-state index >= 15 is 0 Å². The molecule has 1 aromatic carbocycles. The van der Waals surface area contributed by atoms with Gasteiger partial charge in [-0.05, 0) is 5.56 Å². The van der Waals surface area contributed by atoms with Gasteiger partial charge < -0.3 is 10.5 Å². The molecule has 1 atom stereocenters. The predicted molar refractivity (Wildman–Crippen MR) is 55.8 cm³/mol. The van der Waals surface area contributed by atoms with E-state index in [1.807, 2.05) is 18.2 Å². The summed E-state index contributed by atoms with van der Waals surface area (Å²) >= 11 is 0. The van der Waals surface area contributed by atoms with Crippen LogP contribution >= 0.6 is 0 Å². The zero-order chi connectivity index (χ0) is 9.80. The van der Waals surface area contributed by atoms with E-state index in [0.29, 0.717) is 0 Å². The Kier molecular flexibility index (Phi) is 3.14. The van der Waals surface area contributed by atoms with E-state index in [9.17, 15) is 0 Å². The Hall–Kier alpha value is -0.900. The normalized spacial score (nSPS) is 20.6. The lowest BCUT2D eigenvalue weighted by atomic mass is 10.1. The number of hydrogen-bond donors (Lipinski definition) is 1. The maximum absolute atomic E-state index is 6.14. The summed E-state index contributed by atoms with van der Waals surface area (Å²) in [5.41, 5.74) is 7.32. The number of hydrogen-bond acceptors (Lipinski definition) is 3. The molecule has 1 aromatic rings. The van der Waals surface area contributed by atoms with Gasteiger partial charge in [-0.25, -0.2) is 0 Å². The van der Waals surface area contributed by atoms with Crippen molar-refractivity contribution in [2.45, 2.75) is 6.17 Å². The predicted octanol–water partition coefficient (Wildman–Crippen LogP) is 0.976. The van der Waals surface area contributed by atoms with E-state index < -0.39 is 0 Å².